The van der Waals surface area contributed by atoms with E-state index >= 15 is 0 Å². The van der Waals surface area contributed by atoms with Crippen LogP contribution in [0.1, 0.15) is 31.1 Å². The van der Waals surface area contributed by atoms with Crippen molar-refractivity contribution >= 4 is 5.97 Å². The molecule has 98 valence electrons. The number of carbonyl (C=O) groups is 1. The van der Waals surface area contributed by atoms with Gasteiger partial charge in [0.25, 0.3) is 0 Å². The minimum Gasteiger partial charge on any atom is -0.480 e. The van der Waals surface area contributed by atoms with Crippen LogP contribution in [0.3, 0.4) is 0 Å². The van der Waals surface area contributed by atoms with Crippen LogP contribution >= 0.6 is 0 Å². The molecule has 4 heteroatoms. The van der Waals surface area contributed by atoms with E-state index in [9.17, 15) is 4.79 Å². The summed E-state index contributed by atoms with van der Waals surface area (Å²) in [5.74, 6) is -0.859. The molecule has 2 rings (SSSR count). The molecule has 4 nitrogen and oxygen atoms in total. The van der Waals surface area contributed by atoms with E-state index in [2.05, 4.69) is 36.5 Å². The topological polar surface area (TPSA) is 58.6 Å². The van der Waals surface area contributed by atoms with Gasteiger partial charge in [0.2, 0.25) is 0 Å². The van der Waals surface area contributed by atoms with Crippen molar-refractivity contribution in [1.29, 1.82) is 0 Å². The maximum absolute atomic E-state index is 10.9. The average molecular weight is 249 g/mol. The second-order valence-electron chi connectivity index (χ2n) is 4.65. The fraction of sp³-hybridized carbons (Fsp3) is 0.500. The van der Waals surface area contributed by atoms with Crippen molar-refractivity contribution in [2.75, 3.05) is 6.54 Å². The zero-order valence-corrected chi connectivity index (χ0v) is 10.7. The van der Waals surface area contributed by atoms with Crippen molar-refractivity contribution in [3.63, 3.8) is 0 Å². The molecular weight excluding hydrogens is 230 g/mol. The summed E-state index contributed by atoms with van der Waals surface area (Å²) in [6, 6.07) is 7.67. The normalized spacial score (nSPS) is 28.0. The van der Waals surface area contributed by atoms with Gasteiger partial charge in [0.15, 0.2) is 0 Å². The number of rotatable bonds is 3. The standard InChI is InChI=1S/C14H19NO3/c1-3-10-4-6-11(7-5-10)12-8-15-13(14(16)17)9(2)18-12/h4-7,9,12-13,15H,3,8H2,1-2H3,(H,16,17). The Balaban J connectivity index is 2.05. The molecule has 0 spiro atoms. The van der Waals surface area contributed by atoms with E-state index in [1.54, 1.807) is 6.92 Å². The van der Waals surface area contributed by atoms with Gasteiger partial charge in [0.1, 0.15) is 6.04 Å². The summed E-state index contributed by atoms with van der Waals surface area (Å²) in [7, 11) is 0. The summed E-state index contributed by atoms with van der Waals surface area (Å²) in [6.45, 7) is 4.44. The van der Waals surface area contributed by atoms with Crippen molar-refractivity contribution < 1.29 is 14.6 Å². The molecular formula is C14H19NO3. The van der Waals surface area contributed by atoms with Gasteiger partial charge < -0.3 is 9.84 Å². The highest BCUT2D eigenvalue weighted by molar-refractivity contribution is 5.74. The second kappa shape index (κ2) is 5.50. The Labute approximate surface area is 107 Å². The van der Waals surface area contributed by atoms with E-state index in [-0.39, 0.29) is 12.2 Å². The molecule has 3 atom stereocenters. The summed E-state index contributed by atoms with van der Waals surface area (Å²) < 4.78 is 5.78. The molecule has 1 aromatic rings. The molecule has 0 radical (unpaired) electrons. The number of benzene rings is 1. The average Bonchev–Trinajstić information content (AvgIpc) is 2.38. The first kappa shape index (κ1) is 13.1. The maximum Gasteiger partial charge on any atom is 0.323 e. The van der Waals surface area contributed by atoms with E-state index in [1.165, 1.54) is 5.56 Å². The molecule has 0 saturated carbocycles. The lowest BCUT2D eigenvalue weighted by molar-refractivity contribution is -0.149. The third-order valence-electron chi connectivity index (χ3n) is 3.40. The number of nitrogens with one attached hydrogen (secondary N) is 1. The van der Waals surface area contributed by atoms with Gasteiger partial charge in [-0.25, -0.2) is 0 Å². The van der Waals surface area contributed by atoms with Crippen molar-refractivity contribution in [3.05, 3.63) is 35.4 Å². The first-order valence-corrected chi connectivity index (χ1v) is 6.32. The molecule has 1 heterocycles. The highest BCUT2D eigenvalue weighted by Crippen LogP contribution is 2.24. The Bertz CT molecular complexity index is 416. The minimum atomic E-state index is -0.859. The van der Waals surface area contributed by atoms with Crippen LogP contribution in [-0.2, 0) is 16.0 Å². The molecule has 2 N–H and O–H groups in total. The van der Waals surface area contributed by atoms with E-state index in [1.807, 2.05) is 0 Å². The number of morpholine rings is 1. The van der Waals surface area contributed by atoms with Gasteiger partial charge in [-0.2, -0.15) is 0 Å². The van der Waals surface area contributed by atoms with Gasteiger partial charge in [-0.3, -0.25) is 10.1 Å². The lowest BCUT2D eigenvalue weighted by Gasteiger charge is -2.33. The molecule has 1 aromatic carbocycles. The Morgan fingerprint density at radius 3 is 2.61 bits per heavy atom. The number of aryl methyl sites for hydroxylation is 1. The predicted molar refractivity (Wildman–Crippen MR) is 68.5 cm³/mol. The molecule has 0 bridgehead atoms. The first-order chi connectivity index (χ1) is 8.61. The van der Waals surface area contributed by atoms with Crippen LogP contribution in [0.5, 0.6) is 0 Å². The van der Waals surface area contributed by atoms with Gasteiger partial charge in [-0.15, -0.1) is 0 Å². The molecule has 1 fully saturated rings. The van der Waals surface area contributed by atoms with Crippen LogP contribution in [-0.4, -0.2) is 29.8 Å². The lowest BCUT2D eigenvalue weighted by Crippen LogP contribution is -2.52. The Morgan fingerprint density at radius 2 is 2.11 bits per heavy atom. The molecule has 0 amide bonds. The summed E-state index contributed by atoms with van der Waals surface area (Å²) in [4.78, 5) is 10.9. The first-order valence-electron chi connectivity index (χ1n) is 6.32. The van der Waals surface area contributed by atoms with Crippen LogP contribution in [0.25, 0.3) is 0 Å². The zero-order valence-electron chi connectivity index (χ0n) is 10.7. The summed E-state index contributed by atoms with van der Waals surface area (Å²) in [5.41, 5.74) is 2.38. The number of hydrogen-bond donors (Lipinski definition) is 2. The third kappa shape index (κ3) is 2.71. The summed E-state index contributed by atoms with van der Waals surface area (Å²) in [5, 5.41) is 12.0. The van der Waals surface area contributed by atoms with Gasteiger partial charge >= 0.3 is 5.97 Å². The van der Waals surface area contributed by atoms with Crippen LogP contribution < -0.4 is 5.32 Å². The molecule has 0 aromatic heterocycles. The quantitative estimate of drug-likeness (QED) is 0.857. The molecule has 3 unspecified atom stereocenters. The number of carboxylic acid groups (broad SMARTS) is 1. The van der Waals surface area contributed by atoms with Crippen molar-refractivity contribution in [3.8, 4) is 0 Å². The smallest absolute Gasteiger partial charge is 0.323 e. The zero-order chi connectivity index (χ0) is 13.1. The van der Waals surface area contributed by atoms with E-state index in [4.69, 9.17) is 9.84 Å². The minimum absolute atomic E-state index is 0.0680. The number of carboxylic acids is 1. The second-order valence-corrected chi connectivity index (χ2v) is 4.65. The van der Waals surface area contributed by atoms with Crippen molar-refractivity contribution in [2.45, 2.75) is 38.5 Å². The predicted octanol–water partition coefficient (Wildman–Crippen LogP) is 1.75. The number of hydrogen-bond acceptors (Lipinski definition) is 3. The molecule has 1 aliphatic rings. The monoisotopic (exact) mass is 249 g/mol. The van der Waals surface area contributed by atoms with Gasteiger partial charge in [0, 0.05) is 6.54 Å². The summed E-state index contributed by atoms with van der Waals surface area (Å²) >= 11 is 0. The Kier molecular flexibility index (Phi) is 3.99. The molecule has 0 aliphatic carbocycles. The Morgan fingerprint density at radius 1 is 1.44 bits per heavy atom. The lowest BCUT2D eigenvalue weighted by atomic mass is 10.0. The molecule has 1 saturated heterocycles. The highest BCUT2D eigenvalue weighted by atomic mass is 16.5. The SMILES string of the molecule is CCc1ccc(C2CNC(C(=O)O)C(C)O2)cc1. The number of aliphatic carboxylic acids is 1. The summed E-state index contributed by atoms with van der Waals surface area (Å²) in [6.07, 6.45) is 0.621. The van der Waals surface area contributed by atoms with Gasteiger partial charge in [-0.05, 0) is 24.5 Å². The van der Waals surface area contributed by atoms with Crippen LogP contribution in [0.4, 0.5) is 0 Å². The van der Waals surface area contributed by atoms with Gasteiger partial charge in [-0.1, -0.05) is 31.2 Å². The largest absolute Gasteiger partial charge is 0.480 e. The van der Waals surface area contributed by atoms with E-state index in [0.29, 0.717) is 6.54 Å². The van der Waals surface area contributed by atoms with Crippen LogP contribution in [0.2, 0.25) is 0 Å². The number of ether oxygens (including phenoxy) is 1. The van der Waals surface area contributed by atoms with Crippen molar-refractivity contribution in [1.82, 2.24) is 5.32 Å². The van der Waals surface area contributed by atoms with Gasteiger partial charge in [0.05, 0.1) is 12.2 Å². The molecule has 1 aliphatic heterocycles. The van der Waals surface area contributed by atoms with E-state index in [0.717, 1.165) is 12.0 Å². The fourth-order valence-electron chi connectivity index (χ4n) is 2.24. The highest BCUT2D eigenvalue weighted by Gasteiger charge is 2.33. The Hall–Kier alpha value is -1.39. The van der Waals surface area contributed by atoms with Crippen molar-refractivity contribution in [2.24, 2.45) is 0 Å². The molecule has 18 heavy (non-hydrogen) atoms. The van der Waals surface area contributed by atoms with Crippen LogP contribution in [0.15, 0.2) is 24.3 Å². The maximum atomic E-state index is 10.9. The third-order valence-corrected chi connectivity index (χ3v) is 3.40. The van der Waals surface area contributed by atoms with E-state index < -0.39 is 12.0 Å². The van der Waals surface area contributed by atoms with Crippen LogP contribution in [0, 0.1) is 0 Å². The fourth-order valence-corrected chi connectivity index (χ4v) is 2.24.